The second-order valence-corrected chi connectivity index (χ2v) is 11.4. The fourth-order valence-electron chi connectivity index (χ4n) is 4.25. The number of hydrogen-bond acceptors (Lipinski definition) is 6. The highest BCUT2D eigenvalue weighted by molar-refractivity contribution is 7.91. The number of piperazine rings is 1. The Morgan fingerprint density at radius 1 is 1.09 bits per heavy atom. The van der Waals surface area contributed by atoms with Crippen molar-refractivity contribution in [3.63, 3.8) is 0 Å². The van der Waals surface area contributed by atoms with E-state index in [4.69, 9.17) is 0 Å². The van der Waals surface area contributed by atoms with Crippen molar-refractivity contribution in [3.05, 3.63) is 47.6 Å². The number of nitrogens with zero attached hydrogens (tertiary/aromatic N) is 3. The Kier molecular flexibility index (Phi) is 7.42. The normalized spacial score (nSPS) is 20.5. The van der Waals surface area contributed by atoms with Gasteiger partial charge in [0, 0.05) is 45.0 Å². The van der Waals surface area contributed by atoms with E-state index in [0.29, 0.717) is 55.5 Å². The highest BCUT2D eigenvalue weighted by atomic mass is 32.2. The van der Waals surface area contributed by atoms with E-state index in [2.05, 4.69) is 5.32 Å². The Balaban J connectivity index is 1.27. The molecule has 2 amide bonds. The molecule has 0 aliphatic carbocycles. The van der Waals surface area contributed by atoms with E-state index in [-0.39, 0.29) is 30.8 Å². The number of carbonyl (C=O) groups excluding carboxylic acids is 2. The molecule has 1 aromatic carbocycles. The summed E-state index contributed by atoms with van der Waals surface area (Å²) >= 11 is 1.19. The molecule has 178 valence electrons. The number of sulfonamides is 1. The van der Waals surface area contributed by atoms with Crippen LogP contribution in [0.1, 0.15) is 12.8 Å². The molecule has 8 nitrogen and oxygen atoms in total. The van der Waals surface area contributed by atoms with Crippen LogP contribution in [-0.2, 0) is 19.6 Å². The highest BCUT2D eigenvalue weighted by Gasteiger charge is 2.36. The van der Waals surface area contributed by atoms with E-state index < -0.39 is 15.8 Å². The molecule has 0 unspecified atom stereocenters. The molecule has 1 N–H and O–H groups in total. The maximum atomic E-state index is 13.3. The van der Waals surface area contributed by atoms with Gasteiger partial charge in [-0.25, -0.2) is 12.8 Å². The number of benzene rings is 1. The second kappa shape index (κ2) is 10.3. The summed E-state index contributed by atoms with van der Waals surface area (Å²) in [4.78, 5) is 29.1. The summed E-state index contributed by atoms with van der Waals surface area (Å²) < 4.78 is 40.7. The summed E-state index contributed by atoms with van der Waals surface area (Å²) in [5.74, 6) is -1.02. The third-order valence-corrected chi connectivity index (χ3v) is 9.22. The van der Waals surface area contributed by atoms with Gasteiger partial charge in [-0.3, -0.25) is 14.5 Å². The summed E-state index contributed by atoms with van der Waals surface area (Å²) in [6, 6.07) is 9.05. The number of anilines is 1. The summed E-state index contributed by atoms with van der Waals surface area (Å²) in [7, 11) is -3.56. The predicted octanol–water partition coefficient (Wildman–Crippen LogP) is 2.07. The molecule has 11 heteroatoms. The molecule has 1 atom stereocenters. The lowest BCUT2D eigenvalue weighted by Crippen LogP contribution is -2.53. The Hall–Kier alpha value is -2.34. The van der Waals surface area contributed by atoms with E-state index in [0.717, 1.165) is 0 Å². The van der Waals surface area contributed by atoms with Crippen molar-refractivity contribution in [2.75, 3.05) is 51.1 Å². The fraction of sp³-hybridized carbons (Fsp3) is 0.455. The van der Waals surface area contributed by atoms with Crippen LogP contribution in [0.25, 0.3) is 0 Å². The van der Waals surface area contributed by atoms with Crippen molar-refractivity contribution in [2.24, 2.45) is 5.92 Å². The van der Waals surface area contributed by atoms with Crippen LogP contribution in [0.2, 0.25) is 0 Å². The van der Waals surface area contributed by atoms with E-state index in [1.54, 1.807) is 28.5 Å². The molecule has 33 heavy (non-hydrogen) atoms. The van der Waals surface area contributed by atoms with Crippen LogP contribution in [0.4, 0.5) is 10.1 Å². The van der Waals surface area contributed by atoms with Gasteiger partial charge in [0.25, 0.3) is 10.0 Å². The Labute approximate surface area is 197 Å². The predicted molar refractivity (Wildman–Crippen MR) is 124 cm³/mol. The number of nitrogens with one attached hydrogen (secondary N) is 1. The van der Waals surface area contributed by atoms with Crippen molar-refractivity contribution in [1.82, 2.24) is 14.1 Å². The summed E-state index contributed by atoms with van der Waals surface area (Å²) in [5, 5.41) is 4.42. The Morgan fingerprint density at radius 3 is 2.58 bits per heavy atom. The number of carbonyl (C=O) groups is 2. The summed E-state index contributed by atoms with van der Waals surface area (Å²) in [6.07, 6.45) is 1.33. The van der Waals surface area contributed by atoms with Gasteiger partial charge in [-0.05, 0) is 42.5 Å². The lowest BCUT2D eigenvalue weighted by molar-refractivity contribution is -0.138. The maximum Gasteiger partial charge on any atom is 0.252 e. The quantitative estimate of drug-likeness (QED) is 0.664. The largest absolute Gasteiger partial charge is 0.340 e. The van der Waals surface area contributed by atoms with E-state index in [1.165, 1.54) is 33.8 Å². The molecule has 2 aromatic rings. The number of thiophene rings is 1. The molecule has 2 fully saturated rings. The minimum atomic E-state index is -3.56. The molecule has 2 aliphatic heterocycles. The third-order valence-electron chi connectivity index (χ3n) is 5.98. The fourth-order valence-corrected chi connectivity index (χ4v) is 6.92. The van der Waals surface area contributed by atoms with Crippen LogP contribution in [-0.4, -0.2) is 80.2 Å². The van der Waals surface area contributed by atoms with Crippen molar-refractivity contribution >= 4 is 38.9 Å². The smallest absolute Gasteiger partial charge is 0.252 e. The van der Waals surface area contributed by atoms with Gasteiger partial charge < -0.3 is 10.2 Å². The Morgan fingerprint density at radius 2 is 1.88 bits per heavy atom. The van der Waals surface area contributed by atoms with Gasteiger partial charge in [-0.2, -0.15) is 4.31 Å². The average Bonchev–Trinajstić information content (AvgIpc) is 3.35. The van der Waals surface area contributed by atoms with Crippen LogP contribution >= 0.6 is 11.3 Å². The lowest BCUT2D eigenvalue weighted by Gasteiger charge is -2.38. The first-order valence-corrected chi connectivity index (χ1v) is 13.2. The van der Waals surface area contributed by atoms with Crippen molar-refractivity contribution < 1.29 is 22.4 Å². The molecule has 4 rings (SSSR count). The van der Waals surface area contributed by atoms with Crippen LogP contribution < -0.4 is 5.32 Å². The zero-order valence-electron chi connectivity index (χ0n) is 18.2. The van der Waals surface area contributed by atoms with Crippen LogP contribution in [0, 0.1) is 11.7 Å². The van der Waals surface area contributed by atoms with Crippen LogP contribution in [0.3, 0.4) is 0 Å². The zero-order valence-corrected chi connectivity index (χ0v) is 19.8. The molecule has 1 aromatic heterocycles. The van der Waals surface area contributed by atoms with E-state index >= 15 is 0 Å². The highest BCUT2D eigenvalue weighted by Crippen LogP contribution is 2.27. The zero-order chi connectivity index (χ0) is 23.4. The number of rotatable bonds is 6. The average molecular weight is 495 g/mol. The minimum Gasteiger partial charge on any atom is -0.340 e. The number of amides is 2. The van der Waals surface area contributed by atoms with E-state index in [9.17, 15) is 22.4 Å². The summed E-state index contributed by atoms with van der Waals surface area (Å²) in [5.41, 5.74) is 0.410. The van der Waals surface area contributed by atoms with Crippen molar-refractivity contribution in [3.8, 4) is 0 Å². The van der Waals surface area contributed by atoms with Crippen LogP contribution in [0.5, 0.6) is 0 Å². The molecule has 0 bridgehead atoms. The third kappa shape index (κ3) is 5.78. The monoisotopic (exact) mass is 494 g/mol. The van der Waals surface area contributed by atoms with Gasteiger partial charge in [-0.15, -0.1) is 11.3 Å². The minimum absolute atomic E-state index is 0.0232. The van der Waals surface area contributed by atoms with E-state index in [1.807, 2.05) is 4.90 Å². The summed E-state index contributed by atoms with van der Waals surface area (Å²) in [6.45, 7) is 2.86. The van der Waals surface area contributed by atoms with Gasteiger partial charge in [0.05, 0.1) is 12.5 Å². The van der Waals surface area contributed by atoms with Gasteiger partial charge >= 0.3 is 0 Å². The molecule has 2 saturated heterocycles. The molecule has 0 spiro atoms. The SMILES string of the molecule is O=C(CN1CCN(C(=O)[C@@H]2CCCN(S(=O)(=O)c3cccs3)C2)CC1)Nc1cccc(F)c1. The number of halogens is 1. The molecule has 0 radical (unpaired) electrons. The topological polar surface area (TPSA) is 90.0 Å². The molecule has 2 aliphatic rings. The maximum absolute atomic E-state index is 13.3. The number of hydrogen-bond donors (Lipinski definition) is 1. The van der Waals surface area contributed by atoms with Crippen molar-refractivity contribution in [2.45, 2.75) is 17.1 Å². The van der Waals surface area contributed by atoms with Crippen molar-refractivity contribution in [1.29, 1.82) is 0 Å². The number of piperidine rings is 1. The molecule has 0 saturated carbocycles. The first-order chi connectivity index (χ1) is 15.8. The Bertz CT molecular complexity index is 1090. The van der Waals surface area contributed by atoms with Gasteiger partial charge in [0.15, 0.2) is 0 Å². The first-order valence-electron chi connectivity index (χ1n) is 10.9. The molecular formula is C22H27FN4O4S2. The van der Waals surface area contributed by atoms with Crippen LogP contribution in [0.15, 0.2) is 46.0 Å². The van der Waals surface area contributed by atoms with Gasteiger partial charge in [0.2, 0.25) is 11.8 Å². The first kappa shape index (κ1) is 23.8. The second-order valence-electron chi connectivity index (χ2n) is 8.29. The lowest BCUT2D eigenvalue weighted by atomic mass is 9.98. The van der Waals surface area contributed by atoms with Gasteiger partial charge in [0.1, 0.15) is 10.0 Å². The standard InChI is InChI=1S/C22H27FN4O4S2/c23-18-5-1-6-19(14-18)24-20(28)16-25-9-11-26(12-10-25)22(29)17-4-2-8-27(15-17)33(30,31)21-7-3-13-32-21/h1,3,5-7,13-14,17H,2,4,8-12,15-16H2,(H,24,28)/t17-/m1/s1. The molecule has 3 heterocycles. The molecular weight excluding hydrogens is 467 g/mol. The van der Waals surface area contributed by atoms with Gasteiger partial charge in [-0.1, -0.05) is 12.1 Å².